The van der Waals surface area contributed by atoms with Crippen LogP contribution in [0.25, 0.3) is 18.2 Å². The van der Waals surface area contributed by atoms with Crippen molar-refractivity contribution in [2.45, 2.75) is 0 Å². The molecule has 0 aromatic heterocycles. The van der Waals surface area contributed by atoms with Crippen LogP contribution in [0, 0.1) is 0 Å². The first-order valence-electron chi connectivity index (χ1n) is 10.8. The van der Waals surface area contributed by atoms with Crippen molar-refractivity contribution in [1.29, 1.82) is 0 Å². The van der Waals surface area contributed by atoms with E-state index in [0.717, 1.165) is 45.3 Å². The first kappa shape index (κ1) is 22.0. The molecule has 0 unspecified atom stereocenters. The summed E-state index contributed by atoms with van der Waals surface area (Å²) in [5.74, 6) is 1.66. The fraction of sp³-hybridized carbons (Fsp3) is 0.0667. The lowest BCUT2D eigenvalue weighted by Gasteiger charge is -2.26. The zero-order chi connectivity index (χ0) is 23.0. The van der Waals surface area contributed by atoms with Crippen LogP contribution < -0.4 is 14.4 Å². The maximum Gasteiger partial charge on any atom is 0.119 e. The van der Waals surface area contributed by atoms with Crippen LogP contribution in [-0.2, 0) is 0 Å². The zero-order valence-corrected chi connectivity index (χ0v) is 18.9. The van der Waals surface area contributed by atoms with Crippen LogP contribution >= 0.6 is 0 Å². The standard InChI is InChI=1S/C30H27NO2/c1-4-23-5-7-24(8-6-23)9-10-25-11-13-26(14-12-25)31(27-15-19-29(32-2)20-16-27)28-17-21-30(33-3)22-18-28/h4-22H,1H2,2-3H3/b10-9+. The molecule has 0 radical (unpaired) electrons. The van der Waals surface area contributed by atoms with E-state index < -0.39 is 0 Å². The SMILES string of the molecule is C=Cc1ccc(/C=C/c2ccc(N(c3ccc(OC)cc3)c3ccc(OC)cc3)cc2)cc1. The van der Waals surface area contributed by atoms with E-state index in [1.54, 1.807) is 14.2 Å². The third-order valence-electron chi connectivity index (χ3n) is 5.45. The Bertz CT molecular complexity index is 1160. The molecule has 3 nitrogen and oxygen atoms in total. The molecular weight excluding hydrogens is 406 g/mol. The lowest BCUT2D eigenvalue weighted by molar-refractivity contribution is 0.415. The predicted octanol–water partition coefficient (Wildman–Crippen LogP) is 7.99. The third-order valence-corrected chi connectivity index (χ3v) is 5.45. The molecule has 4 aromatic carbocycles. The quantitative estimate of drug-likeness (QED) is 0.263. The Morgan fingerprint density at radius 2 is 0.848 bits per heavy atom. The van der Waals surface area contributed by atoms with Crippen LogP contribution in [0.5, 0.6) is 11.5 Å². The molecule has 3 heteroatoms. The summed E-state index contributed by atoms with van der Waals surface area (Å²) in [5.41, 5.74) is 6.57. The van der Waals surface area contributed by atoms with Gasteiger partial charge in [-0.05, 0) is 77.4 Å². The molecule has 0 bridgehead atoms. The van der Waals surface area contributed by atoms with Gasteiger partial charge in [-0.2, -0.15) is 0 Å². The molecular formula is C30H27NO2. The van der Waals surface area contributed by atoms with Gasteiger partial charge in [0.15, 0.2) is 0 Å². The Morgan fingerprint density at radius 3 is 1.21 bits per heavy atom. The molecule has 0 amide bonds. The highest BCUT2D eigenvalue weighted by Crippen LogP contribution is 2.36. The van der Waals surface area contributed by atoms with Gasteiger partial charge < -0.3 is 14.4 Å². The van der Waals surface area contributed by atoms with Gasteiger partial charge in [0.1, 0.15) is 11.5 Å². The second-order valence-corrected chi connectivity index (χ2v) is 7.53. The smallest absolute Gasteiger partial charge is 0.119 e. The van der Waals surface area contributed by atoms with Crippen molar-refractivity contribution in [2.24, 2.45) is 0 Å². The minimum absolute atomic E-state index is 0.829. The molecule has 4 aromatic rings. The van der Waals surface area contributed by atoms with Gasteiger partial charge in [-0.3, -0.25) is 0 Å². The Morgan fingerprint density at radius 1 is 0.515 bits per heavy atom. The Labute approximate surface area is 195 Å². The van der Waals surface area contributed by atoms with Crippen LogP contribution in [-0.4, -0.2) is 14.2 Å². The highest BCUT2D eigenvalue weighted by Gasteiger charge is 2.12. The van der Waals surface area contributed by atoms with Gasteiger partial charge in [0.2, 0.25) is 0 Å². The monoisotopic (exact) mass is 433 g/mol. The van der Waals surface area contributed by atoms with Crippen LogP contribution in [0.3, 0.4) is 0 Å². The largest absolute Gasteiger partial charge is 0.497 e. The van der Waals surface area contributed by atoms with Crippen LogP contribution in [0.15, 0.2) is 104 Å². The van der Waals surface area contributed by atoms with E-state index in [1.807, 2.05) is 30.3 Å². The van der Waals surface area contributed by atoms with E-state index in [4.69, 9.17) is 9.47 Å². The molecule has 0 fully saturated rings. The number of ether oxygens (including phenoxy) is 2. The van der Waals surface area contributed by atoms with Crippen molar-refractivity contribution in [1.82, 2.24) is 0 Å². The molecule has 4 rings (SSSR count). The number of anilines is 3. The van der Waals surface area contributed by atoms with E-state index in [9.17, 15) is 0 Å². The summed E-state index contributed by atoms with van der Waals surface area (Å²) in [7, 11) is 3.35. The van der Waals surface area contributed by atoms with Crippen molar-refractivity contribution >= 4 is 35.3 Å². The van der Waals surface area contributed by atoms with E-state index in [1.165, 1.54) is 0 Å². The fourth-order valence-electron chi connectivity index (χ4n) is 3.58. The Kier molecular flexibility index (Phi) is 6.91. The Balaban J connectivity index is 1.62. The van der Waals surface area contributed by atoms with E-state index in [2.05, 4.69) is 96.4 Å². The molecule has 0 atom stereocenters. The van der Waals surface area contributed by atoms with E-state index in [0.29, 0.717) is 0 Å². The average Bonchev–Trinajstić information content (AvgIpc) is 2.89. The molecule has 0 saturated carbocycles. The van der Waals surface area contributed by atoms with Gasteiger partial charge in [0.25, 0.3) is 0 Å². The number of benzene rings is 4. The second kappa shape index (κ2) is 10.4. The molecule has 33 heavy (non-hydrogen) atoms. The van der Waals surface area contributed by atoms with Crippen LogP contribution in [0.1, 0.15) is 16.7 Å². The highest BCUT2D eigenvalue weighted by molar-refractivity contribution is 5.78. The fourth-order valence-corrected chi connectivity index (χ4v) is 3.58. The van der Waals surface area contributed by atoms with Crippen molar-refractivity contribution in [3.8, 4) is 11.5 Å². The normalized spacial score (nSPS) is 10.7. The number of hydrogen-bond acceptors (Lipinski definition) is 3. The maximum absolute atomic E-state index is 5.34. The molecule has 0 aliphatic heterocycles. The molecule has 0 saturated heterocycles. The number of hydrogen-bond donors (Lipinski definition) is 0. The first-order valence-corrected chi connectivity index (χ1v) is 10.8. The van der Waals surface area contributed by atoms with Crippen molar-refractivity contribution in [3.63, 3.8) is 0 Å². The summed E-state index contributed by atoms with van der Waals surface area (Å²) >= 11 is 0. The molecule has 0 spiro atoms. The molecule has 0 N–H and O–H groups in total. The zero-order valence-electron chi connectivity index (χ0n) is 18.9. The van der Waals surface area contributed by atoms with Gasteiger partial charge in [-0.1, -0.05) is 61.2 Å². The summed E-state index contributed by atoms with van der Waals surface area (Å²) in [4.78, 5) is 2.21. The van der Waals surface area contributed by atoms with E-state index >= 15 is 0 Å². The summed E-state index contributed by atoms with van der Waals surface area (Å²) in [5, 5.41) is 0. The number of methoxy groups -OCH3 is 2. The van der Waals surface area contributed by atoms with Gasteiger partial charge >= 0.3 is 0 Å². The predicted molar refractivity (Wildman–Crippen MR) is 140 cm³/mol. The molecule has 0 aliphatic rings. The molecule has 164 valence electrons. The average molecular weight is 434 g/mol. The summed E-state index contributed by atoms with van der Waals surface area (Å²) in [6, 6.07) is 33.0. The lowest BCUT2D eigenvalue weighted by atomic mass is 10.1. The van der Waals surface area contributed by atoms with Gasteiger partial charge in [0.05, 0.1) is 14.2 Å². The number of nitrogens with zero attached hydrogens (tertiary/aromatic N) is 1. The van der Waals surface area contributed by atoms with Gasteiger partial charge in [0, 0.05) is 17.1 Å². The first-order chi connectivity index (χ1) is 16.2. The Hall–Kier alpha value is -4.24. The summed E-state index contributed by atoms with van der Waals surface area (Å²) in [6.07, 6.45) is 6.09. The lowest BCUT2D eigenvalue weighted by Crippen LogP contribution is -2.09. The van der Waals surface area contributed by atoms with Crippen molar-refractivity contribution < 1.29 is 9.47 Å². The van der Waals surface area contributed by atoms with Crippen molar-refractivity contribution in [3.05, 3.63) is 120 Å². The molecule has 0 aliphatic carbocycles. The van der Waals surface area contributed by atoms with Crippen LogP contribution in [0.2, 0.25) is 0 Å². The highest BCUT2D eigenvalue weighted by atomic mass is 16.5. The summed E-state index contributed by atoms with van der Waals surface area (Å²) < 4.78 is 10.7. The third kappa shape index (κ3) is 5.34. The minimum atomic E-state index is 0.829. The summed E-state index contributed by atoms with van der Waals surface area (Å²) in [6.45, 7) is 3.80. The van der Waals surface area contributed by atoms with Gasteiger partial charge in [-0.25, -0.2) is 0 Å². The molecule has 0 heterocycles. The maximum atomic E-state index is 5.34. The van der Waals surface area contributed by atoms with Crippen LogP contribution in [0.4, 0.5) is 17.1 Å². The number of rotatable bonds is 8. The van der Waals surface area contributed by atoms with E-state index in [-0.39, 0.29) is 0 Å². The minimum Gasteiger partial charge on any atom is -0.497 e. The second-order valence-electron chi connectivity index (χ2n) is 7.53. The van der Waals surface area contributed by atoms with Gasteiger partial charge in [-0.15, -0.1) is 0 Å². The van der Waals surface area contributed by atoms with Crippen molar-refractivity contribution in [2.75, 3.05) is 19.1 Å². The topological polar surface area (TPSA) is 21.7 Å².